The minimum Gasteiger partial charge on any atom is -0.376 e. The molecule has 2 aromatic rings. The zero-order valence-electron chi connectivity index (χ0n) is 12.4. The van der Waals surface area contributed by atoms with Gasteiger partial charge in [-0.25, -0.2) is 4.98 Å². The van der Waals surface area contributed by atoms with Crippen molar-refractivity contribution < 1.29 is 9.66 Å². The molecule has 0 aliphatic carbocycles. The zero-order chi connectivity index (χ0) is 16.2. The lowest BCUT2D eigenvalue weighted by Gasteiger charge is -2.26. The van der Waals surface area contributed by atoms with E-state index in [9.17, 15) is 10.1 Å². The van der Waals surface area contributed by atoms with E-state index >= 15 is 0 Å². The van der Waals surface area contributed by atoms with E-state index in [1.54, 1.807) is 11.3 Å². The van der Waals surface area contributed by atoms with Crippen LogP contribution in [0.4, 0.5) is 11.5 Å². The molecule has 0 aromatic carbocycles. The topological polar surface area (TPSA) is 68.5 Å². The van der Waals surface area contributed by atoms with Gasteiger partial charge in [0.2, 0.25) is 0 Å². The molecule has 8 heteroatoms. The molecule has 1 saturated heterocycles. The summed E-state index contributed by atoms with van der Waals surface area (Å²) in [4.78, 5) is 18.1. The molecule has 0 radical (unpaired) electrons. The third-order valence-electron chi connectivity index (χ3n) is 3.69. The van der Waals surface area contributed by atoms with E-state index in [0.717, 1.165) is 26.0 Å². The highest BCUT2D eigenvalue weighted by molar-refractivity contribution is 9.10. The first-order valence-electron chi connectivity index (χ1n) is 7.32. The average Bonchev–Trinajstić information content (AvgIpc) is 3.20. The monoisotopic (exact) mass is 397 g/mol. The van der Waals surface area contributed by atoms with Gasteiger partial charge in [0.25, 0.3) is 5.69 Å². The van der Waals surface area contributed by atoms with Gasteiger partial charge in [0.1, 0.15) is 12.0 Å². The maximum atomic E-state index is 10.9. The molecule has 3 heterocycles. The van der Waals surface area contributed by atoms with Gasteiger partial charge in [0.05, 0.1) is 22.0 Å². The van der Waals surface area contributed by atoms with Crippen LogP contribution in [0.2, 0.25) is 0 Å². The first-order chi connectivity index (χ1) is 11.1. The minimum absolute atomic E-state index is 0.0196. The molecular weight excluding hydrogens is 382 g/mol. The molecule has 0 N–H and O–H groups in total. The predicted octanol–water partition coefficient (Wildman–Crippen LogP) is 4.00. The minimum atomic E-state index is -0.439. The van der Waals surface area contributed by atoms with E-state index in [1.807, 2.05) is 11.4 Å². The Morgan fingerprint density at radius 2 is 2.43 bits per heavy atom. The fraction of sp³-hybridized carbons (Fsp3) is 0.400. The maximum absolute atomic E-state index is 10.9. The third-order valence-corrected chi connectivity index (χ3v) is 5.14. The van der Waals surface area contributed by atoms with E-state index < -0.39 is 4.92 Å². The number of halogens is 1. The number of aromatic nitrogens is 1. The van der Waals surface area contributed by atoms with Gasteiger partial charge in [-0.3, -0.25) is 10.1 Å². The van der Waals surface area contributed by atoms with Crippen molar-refractivity contribution >= 4 is 38.8 Å². The standard InChI is InChI=1S/C15H16BrN3O3S/c16-14-7-11(19(20)21)8-17-15(14)18(9-12-3-1-5-22-12)10-13-4-2-6-23-13/h2,4,6-8,12H,1,3,5,9-10H2. The van der Waals surface area contributed by atoms with E-state index in [2.05, 4.69) is 31.9 Å². The van der Waals surface area contributed by atoms with Crippen LogP contribution in [0.25, 0.3) is 0 Å². The molecule has 1 aliphatic rings. The first-order valence-corrected chi connectivity index (χ1v) is 8.99. The summed E-state index contributed by atoms with van der Waals surface area (Å²) in [6.07, 6.45) is 3.59. The number of anilines is 1. The molecule has 0 saturated carbocycles. The Balaban J connectivity index is 1.85. The zero-order valence-corrected chi connectivity index (χ0v) is 14.8. The third kappa shape index (κ3) is 4.07. The van der Waals surface area contributed by atoms with E-state index in [1.165, 1.54) is 17.1 Å². The smallest absolute Gasteiger partial charge is 0.288 e. The summed E-state index contributed by atoms with van der Waals surface area (Å²) < 4.78 is 6.36. The molecule has 1 fully saturated rings. The van der Waals surface area contributed by atoms with Crippen LogP contribution in [0, 0.1) is 10.1 Å². The van der Waals surface area contributed by atoms with Crippen molar-refractivity contribution in [3.05, 3.63) is 49.2 Å². The Labute approximate surface area is 146 Å². The van der Waals surface area contributed by atoms with E-state index in [0.29, 0.717) is 16.8 Å². The van der Waals surface area contributed by atoms with Crippen molar-refractivity contribution in [2.24, 2.45) is 0 Å². The fourth-order valence-corrected chi connectivity index (χ4v) is 3.91. The molecule has 3 rings (SSSR count). The van der Waals surface area contributed by atoms with E-state index in [4.69, 9.17) is 4.74 Å². The summed E-state index contributed by atoms with van der Waals surface area (Å²) >= 11 is 5.11. The van der Waals surface area contributed by atoms with Crippen LogP contribution in [-0.2, 0) is 11.3 Å². The number of hydrogen-bond acceptors (Lipinski definition) is 6. The molecule has 23 heavy (non-hydrogen) atoms. The lowest BCUT2D eigenvalue weighted by atomic mass is 10.2. The number of thiophene rings is 1. The molecule has 1 atom stereocenters. The highest BCUT2D eigenvalue weighted by atomic mass is 79.9. The largest absolute Gasteiger partial charge is 0.376 e. The second-order valence-corrected chi connectivity index (χ2v) is 7.24. The Hall–Kier alpha value is -1.51. The molecule has 0 bridgehead atoms. The van der Waals surface area contributed by atoms with Gasteiger partial charge in [-0.1, -0.05) is 6.07 Å². The molecule has 1 unspecified atom stereocenters. The normalized spacial score (nSPS) is 17.3. The average molecular weight is 398 g/mol. The van der Waals surface area contributed by atoms with Crippen LogP contribution >= 0.6 is 27.3 Å². The van der Waals surface area contributed by atoms with Gasteiger partial charge in [-0.15, -0.1) is 11.3 Å². The summed E-state index contributed by atoms with van der Waals surface area (Å²) in [6, 6.07) is 5.59. The lowest BCUT2D eigenvalue weighted by molar-refractivity contribution is -0.385. The quantitative estimate of drug-likeness (QED) is 0.544. The summed E-state index contributed by atoms with van der Waals surface area (Å²) in [5, 5.41) is 12.9. The SMILES string of the molecule is O=[N+]([O-])c1cnc(N(Cc2cccs2)CC2CCCO2)c(Br)c1. The number of nitrogens with zero attached hydrogens (tertiary/aromatic N) is 3. The molecule has 2 aromatic heterocycles. The Morgan fingerprint density at radius 1 is 1.57 bits per heavy atom. The number of hydrogen-bond donors (Lipinski definition) is 0. The Kier molecular flexibility index (Phi) is 5.24. The van der Waals surface area contributed by atoms with E-state index in [-0.39, 0.29) is 11.8 Å². The van der Waals surface area contributed by atoms with Gasteiger partial charge < -0.3 is 9.64 Å². The summed E-state index contributed by atoms with van der Waals surface area (Å²) in [6.45, 7) is 2.23. The second kappa shape index (κ2) is 7.37. The number of ether oxygens (including phenoxy) is 1. The van der Waals surface area contributed by atoms with Crippen LogP contribution in [0.5, 0.6) is 0 Å². The maximum Gasteiger partial charge on any atom is 0.288 e. The van der Waals surface area contributed by atoms with Crippen molar-refractivity contribution in [3.8, 4) is 0 Å². The molecular formula is C15H16BrN3O3S. The van der Waals surface area contributed by atoms with Crippen LogP contribution in [-0.4, -0.2) is 29.2 Å². The highest BCUT2D eigenvalue weighted by Crippen LogP contribution is 2.30. The van der Waals surface area contributed by atoms with Gasteiger partial charge in [0, 0.05) is 24.1 Å². The predicted molar refractivity (Wildman–Crippen MR) is 92.9 cm³/mol. The summed E-state index contributed by atoms with van der Waals surface area (Å²) in [5.74, 6) is 0.708. The van der Waals surface area contributed by atoms with Gasteiger partial charge in [0.15, 0.2) is 0 Å². The number of rotatable bonds is 6. The van der Waals surface area contributed by atoms with Crippen LogP contribution in [0.15, 0.2) is 34.2 Å². The van der Waals surface area contributed by atoms with Crippen LogP contribution < -0.4 is 4.90 Å². The van der Waals surface area contributed by atoms with Gasteiger partial charge in [-0.05, 0) is 40.2 Å². The number of nitro groups is 1. The molecule has 1 aliphatic heterocycles. The summed E-state index contributed by atoms with van der Waals surface area (Å²) in [7, 11) is 0. The van der Waals surface area contributed by atoms with Gasteiger partial charge >= 0.3 is 0 Å². The van der Waals surface area contributed by atoms with Crippen molar-refractivity contribution in [2.75, 3.05) is 18.1 Å². The van der Waals surface area contributed by atoms with Crippen molar-refractivity contribution in [3.63, 3.8) is 0 Å². The van der Waals surface area contributed by atoms with Crippen molar-refractivity contribution in [1.82, 2.24) is 4.98 Å². The number of pyridine rings is 1. The first kappa shape index (κ1) is 16.4. The molecule has 122 valence electrons. The lowest BCUT2D eigenvalue weighted by Crippen LogP contribution is -2.32. The summed E-state index contributed by atoms with van der Waals surface area (Å²) in [5.41, 5.74) is -0.0196. The Morgan fingerprint density at radius 3 is 3.04 bits per heavy atom. The van der Waals surface area contributed by atoms with Crippen molar-refractivity contribution in [2.45, 2.75) is 25.5 Å². The molecule has 6 nitrogen and oxygen atoms in total. The molecule has 0 spiro atoms. The highest BCUT2D eigenvalue weighted by Gasteiger charge is 2.23. The van der Waals surface area contributed by atoms with Crippen LogP contribution in [0.1, 0.15) is 17.7 Å². The fourth-order valence-electron chi connectivity index (χ4n) is 2.60. The Bertz CT molecular complexity index is 675. The van der Waals surface area contributed by atoms with Crippen LogP contribution in [0.3, 0.4) is 0 Å². The second-order valence-electron chi connectivity index (χ2n) is 5.35. The van der Waals surface area contributed by atoms with Gasteiger partial charge in [-0.2, -0.15) is 0 Å². The van der Waals surface area contributed by atoms with Crippen molar-refractivity contribution in [1.29, 1.82) is 0 Å². The molecule has 0 amide bonds.